The fourth-order valence-electron chi connectivity index (χ4n) is 5.32. The van der Waals surface area contributed by atoms with Gasteiger partial charge in [-0.2, -0.15) is 13.2 Å². The second-order valence-corrected chi connectivity index (χ2v) is 13.3. The largest absolute Gasteiger partial charge is 0.487 e. The number of aromatic nitrogens is 1. The van der Waals surface area contributed by atoms with Gasteiger partial charge in [0.2, 0.25) is 0 Å². The zero-order valence-corrected chi connectivity index (χ0v) is 22.5. The Hall–Kier alpha value is -2.17. The molecule has 5 rings (SSSR count). The van der Waals surface area contributed by atoms with Crippen LogP contribution >= 0.6 is 0 Å². The monoisotopic (exact) mass is 552 g/mol. The van der Waals surface area contributed by atoms with Gasteiger partial charge in [0.1, 0.15) is 11.4 Å². The minimum absolute atomic E-state index is 0.134. The zero-order chi connectivity index (χ0) is 27.0. The number of rotatable bonds is 9. The molecule has 10 heteroatoms. The first-order valence-electron chi connectivity index (χ1n) is 13.4. The van der Waals surface area contributed by atoms with Crippen molar-refractivity contribution in [3.8, 4) is 17.0 Å². The lowest BCUT2D eigenvalue weighted by Gasteiger charge is -2.44. The van der Waals surface area contributed by atoms with Crippen molar-refractivity contribution in [2.24, 2.45) is 5.92 Å². The molecule has 1 aliphatic carbocycles. The van der Waals surface area contributed by atoms with E-state index in [0.29, 0.717) is 24.1 Å². The highest BCUT2D eigenvalue weighted by atomic mass is 32.2. The number of pyridine rings is 1. The van der Waals surface area contributed by atoms with Crippen LogP contribution in [-0.2, 0) is 26.7 Å². The number of fused-ring (bicyclic) bond motifs is 1. The molecule has 0 radical (unpaired) electrons. The molecule has 1 unspecified atom stereocenters. The lowest BCUT2D eigenvalue weighted by Crippen LogP contribution is -2.50. The Labute approximate surface area is 222 Å². The molecule has 1 saturated heterocycles. The molecular formula is C28H35F3N2O4S. The average Bonchev–Trinajstić information content (AvgIpc) is 3.73. The predicted octanol–water partition coefficient (Wildman–Crippen LogP) is 5.55. The van der Waals surface area contributed by atoms with Gasteiger partial charge in [-0.3, -0.25) is 9.88 Å². The number of ether oxygens (including phenoxy) is 2. The number of aryl methyl sites for hydroxylation is 1. The molecule has 1 aromatic heterocycles. The smallest absolute Gasteiger partial charge is 0.390 e. The van der Waals surface area contributed by atoms with E-state index in [1.807, 2.05) is 12.1 Å². The highest BCUT2D eigenvalue weighted by molar-refractivity contribution is 7.90. The maximum atomic E-state index is 12.4. The minimum atomic E-state index is -4.49. The van der Waals surface area contributed by atoms with Crippen molar-refractivity contribution in [2.75, 3.05) is 25.6 Å². The third kappa shape index (κ3) is 7.07. The average molecular weight is 553 g/mol. The third-order valence-corrected chi connectivity index (χ3v) is 9.61. The molecule has 0 amide bonds. The van der Waals surface area contributed by atoms with Gasteiger partial charge >= 0.3 is 6.18 Å². The van der Waals surface area contributed by atoms with Crippen LogP contribution in [0, 0.1) is 5.92 Å². The van der Waals surface area contributed by atoms with Gasteiger partial charge in [0.15, 0.2) is 9.84 Å². The molecule has 2 aromatic rings. The fourth-order valence-corrected chi connectivity index (χ4v) is 6.69. The van der Waals surface area contributed by atoms with Crippen LogP contribution in [0.25, 0.3) is 11.3 Å². The van der Waals surface area contributed by atoms with Gasteiger partial charge < -0.3 is 9.47 Å². The van der Waals surface area contributed by atoms with E-state index in [2.05, 4.69) is 22.9 Å². The van der Waals surface area contributed by atoms with Crippen LogP contribution in [0.1, 0.15) is 56.6 Å². The van der Waals surface area contributed by atoms with E-state index in [4.69, 9.17) is 9.47 Å². The van der Waals surface area contributed by atoms with Crippen LogP contribution < -0.4 is 4.74 Å². The summed E-state index contributed by atoms with van der Waals surface area (Å²) in [5, 5.41) is 0. The molecule has 2 aliphatic heterocycles. The minimum Gasteiger partial charge on any atom is -0.487 e. The summed E-state index contributed by atoms with van der Waals surface area (Å²) in [5.41, 5.74) is 2.94. The highest BCUT2D eigenvalue weighted by Crippen LogP contribution is 2.41. The number of likely N-dealkylation sites (tertiary alicyclic amines) is 1. The summed E-state index contributed by atoms with van der Waals surface area (Å²) in [7, 11) is -3.87. The van der Waals surface area contributed by atoms with Gasteiger partial charge in [-0.25, -0.2) is 8.42 Å². The Morgan fingerprint density at radius 3 is 2.58 bits per heavy atom. The number of alkyl halides is 3. The van der Waals surface area contributed by atoms with E-state index in [9.17, 15) is 21.6 Å². The van der Waals surface area contributed by atoms with Crippen LogP contribution in [0.4, 0.5) is 13.2 Å². The molecule has 208 valence electrons. The number of hydrogen-bond acceptors (Lipinski definition) is 6. The topological polar surface area (TPSA) is 68.7 Å². The first-order valence-corrected chi connectivity index (χ1v) is 15.2. The van der Waals surface area contributed by atoms with Crippen molar-refractivity contribution in [1.29, 1.82) is 0 Å². The maximum absolute atomic E-state index is 12.4. The number of nitrogens with zero attached hydrogens (tertiary/aromatic N) is 2. The third-order valence-electron chi connectivity index (χ3n) is 8.01. The summed E-state index contributed by atoms with van der Waals surface area (Å²) in [4.78, 5) is 6.76. The summed E-state index contributed by atoms with van der Waals surface area (Å²) in [6.45, 7) is 4.80. The quantitative estimate of drug-likeness (QED) is 0.407. The molecule has 1 aromatic carbocycles. The van der Waals surface area contributed by atoms with Crippen molar-refractivity contribution in [2.45, 2.75) is 75.5 Å². The molecule has 6 nitrogen and oxygen atoms in total. The lowest BCUT2D eigenvalue weighted by atomic mass is 9.83. The van der Waals surface area contributed by atoms with Gasteiger partial charge in [-0.1, -0.05) is 6.07 Å². The van der Waals surface area contributed by atoms with Crippen LogP contribution in [0.15, 0.2) is 36.5 Å². The molecule has 2 fully saturated rings. The van der Waals surface area contributed by atoms with Crippen molar-refractivity contribution in [3.05, 3.63) is 47.7 Å². The Balaban J connectivity index is 1.16. The SMILES string of the molecule is CC(OCN1CCC2(CCc3cc(-c4ccc(CS(=O)(=O)CCC(F)(F)F)cn4)ccc3O2)CC1)C1CC1. The fraction of sp³-hybridized carbons (Fsp3) is 0.607. The van der Waals surface area contributed by atoms with Gasteiger partial charge in [-0.05, 0) is 86.8 Å². The van der Waals surface area contributed by atoms with Crippen molar-refractivity contribution in [3.63, 3.8) is 0 Å². The second-order valence-electron chi connectivity index (χ2n) is 11.1. The number of sulfone groups is 1. The molecule has 3 aliphatic rings. The zero-order valence-electron chi connectivity index (χ0n) is 21.7. The van der Waals surface area contributed by atoms with Crippen LogP contribution in [-0.4, -0.2) is 61.8 Å². The Bertz CT molecular complexity index is 1220. The van der Waals surface area contributed by atoms with Crippen LogP contribution in [0.3, 0.4) is 0 Å². The van der Waals surface area contributed by atoms with Gasteiger partial charge in [0.05, 0.1) is 36.5 Å². The van der Waals surface area contributed by atoms with Gasteiger partial charge in [-0.15, -0.1) is 0 Å². The first-order chi connectivity index (χ1) is 18.0. The molecule has 0 bridgehead atoms. The molecule has 0 N–H and O–H groups in total. The van der Waals surface area contributed by atoms with Crippen molar-refractivity contribution >= 4 is 9.84 Å². The van der Waals surface area contributed by atoms with E-state index in [1.165, 1.54) is 19.0 Å². The summed E-state index contributed by atoms with van der Waals surface area (Å²) in [6, 6.07) is 9.31. The lowest BCUT2D eigenvalue weighted by molar-refractivity contribution is -0.129. The van der Waals surface area contributed by atoms with E-state index < -0.39 is 33.9 Å². The Kier molecular flexibility index (Phi) is 7.77. The van der Waals surface area contributed by atoms with E-state index >= 15 is 0 Å². The highest BCUT2D eigenvalue weighted by Gasteiger charge is 2.40. The standard InChI is InChI=1S/C28H35F3N2O4S/c1-20(22-3-4-22)36-19-33-13-10-27(11-14-33)9-8-24-16-23(5-7-26(24)37-27)25-6-2-21(17-32-25)18-38(34,35)15-12-28(29,30)31/h2,5-7,16-17,20,22H,3-4,8-15,18-19H2,1H3. The number of piperidine rings is 1. The first kappa shape index (κ1) is 27.4. The molecule has 1 atom stereocenters. The summed E-state index contributed by atoms with van der Waals surface area (Å²) in [6.07, 6.45) is 2.34. The normalized spacial score (nSPS) is 20.6. The number of hydrogen-bond donors (Lipinski definition) is 0. The Morgan fingerprint density at radius 2 is 1.92 bits per heavy atom. The van der Waals surface area contributed by atoms with E-state index in [-0.39, 0.29) is 5.60 Å². The number of halogens is 3. The summed E-state index contributed by atoms with van der Waals surface area (Å²) < 4.78 is 73.9. The van der Waals surface area contributed by atoms with E-state index in [1.54, 1.807) is 12.1 Å². The second kappa shape index (κ2) is 10.8. The van der Waals surface area contributed by atoms with Gasteiger partial charge in [0, 0.05) is 24.8 Å². The molecule has 1 saturated carbocycles. The molecule has 3 heterocycles. The summed E-state index contributed by atoms with van der Waals surface area (Å²) >= 11 is 0. The van der Waals surface area contributed by atoms with Crippen LogP contribution in [0.5, 0.6) is 5.75 Å². The van der Waals surface area contributed by atoms with Gasteiger partial charge in [0.25, 0.3) is 0 Å². The maximum Gasteiger partial charge on any atom is 0.390 e. The molecule has 1 spiro atoms. The van der Waals surface area contributed by atoms with E-state index in [0.717, 1.165) is 61.6 Å². The summed E-state index contributed by atoms with van der Waals surface area (Å²) in [5.74, 6) is 0.268. The predicted molar refractivity (Wildman–Crippen MR) is 138 cm³/mol. The van der Waals surface area contributed by atoms with Crippen LogP contribution in [0.2, 0.25) is 0 Å². The molecular weight excluding hydrogens is 517 g/mol. The Morgan fingerprint density at radius 1 is 1.16 bits per heavy atom. The number of benzene rings is 1. The van der Waals surface area contributed by atoms with Crippen molar-refractivity contribution < 1.29 is 31.1 Å². The van der Waals surface area contributed by atoms with Crippen molar-refractivity contribution in [1.82, 2.24) is 9.88 Å². The molecule has 38 heavy (non-hydrogen) atoms.